The second-order valence-electron chi connectivity index (χ2n) is 8.73. The molecule has 1 aromatic carbocycles. The van der Waals surface area contributed by atoms with Crippen LogP contribution in [0.5, 0.6) is 0 Å². The van der Waals surface area contributed by atoms with Crippen LogP contribution in [0.25, 0.3) is 0 Å². The Balaban J connectivity index is 1.74. The fourth-order valence-electron chi connectivity index (χ4n) is 4.33. The van der Waals surface area contributed by atoms with E-state index in [2.05, 4.69) is 34.6 Å². The molecule has 35 heavy (non-hydrogen) atoms. The Labute approximate surface area is 212 Å². The van der Waals surface area contributed by atoms with Crippen molar-refractivity contribution in [3.63, 3.8) is 0 Å². The monoisotopic (exact) mass is 514 g/mol. The summed E-state index contributed by atoms with van der Waals surface area (Å²) in [7, 11) is 1.51. The third kappa shape index (κ3) is 4.55. The van der Waals surface area contributed by atoms with Crippen molar-refractivity contribution in [3.8, 4) is 0 Å². The standard InChI is InChI=1S/C24H27ClN6O3S/c1-5-31-23(34)35-22(29-31)30-12-24(13-30,17-9-7-6-8-15(17)14(2)3)21(33)28-18-11-27-19(25)10-16(18)20(32)26-4/h6-11,14H,5,12-13H2,1-4H3,(H,26,32)(H,28,33). The van der Waals surface area contributed by atoms with Crippen LogP contribution in [-0.2, 0) is 16.8 Å². The van der Waals surface area contributed by atoms with Crippen molar-refractivity contribution in [2.24, 2.45) is 0 Å². The molecule has 1 fully saturated rings. The largest absolute Gasteiger partial charge is 0.355 e. The maximum atomic E-state index is 13.9. The van der Waals surface area contributed by atoms with Gasteiger partial charge in [-0.25, -0.2) is 9.67 Å². The number of nitrogens with zero attached hydrogens (tertiary/aromatic N) is 4. The average molecular weight is 515 g/mol. The Morgan fingerprint density at radius 2 is 1.97 bits per heavy atom. The Hall–Kier alpha value is -3.24. The number of rotatable bonds is 7. The highest BCUT2D eigenvalue weighted by Crippen LogP contribution is 2.42. The number of hydrogen-bond donors (Lipinski definition) is 2. The first-order valence-corrected chi connectivity index (χ1v) is 12.5. The molecule has 184 valence electrons. The van der Waals surface area contributed by atoms with Gasteiger partial charge in [0.15, 0.2) is 0 Å². The SMILES string of the molecule is CCn1nc(N2CC(C(=O)Nc3cnc(Cl)cc3C(=O)NC)(c3ccccc3C(C)C)C2)sc1=O. The third-order valence-electron chi connectivity index (χ3n) is 6.21. The van der Waals surface area contributed by atoms with Crippen LogP contribution in [0.1, 0.15) is 48.2 Å². The summed E-state index contributed by atoms with van der Waals surface area (Å²) >= 11 is 7.07. The summed E-state index contributed by atoms with van der Waals surface area (Å²) < 4.78 is 1.41. The van der Waals surface area contributed by atoms with E-state index in [9.17, 15) is 14.4 Å². The lowest BCUT2D eigenvalue weighted by Gasteiger charge is -2.49. The Kier molecular flexibility index (Phi) is 6.95. The molecular formula is C24H27ClN6O3S. The number of pyridine rings is 1. The summed E-state index contributed by atoms with van der Waals surface area (Å²) in [6, 6.07) is 9.30. The number of aromatic nitrogens is 3. The molecule has 1 saturated heterocycles. The molecule has 0 atom stereocenters. The Bertz CT molecular complexity index is 1330. The molecule has 2 amide bonds. The molecule has 3 heterocycles. The minimum atomic E-state index is -0.910. The van der Waals surface area contributed by atoms with E-state index in [1.165, 1.54) is 24.0 Å². The van der Waals surface area contributed by atoms with Crippen LogP contribution in [-0.4, -0.2) is 46.7 Å². The summed E-state index contributed by atoms with van der Waals surface area (Å²) in [4.78, 5) is 44.4. The van der Waals surface area contributed by atoms with E-state index in [-0.39, 0.29) is 39.0 Å². The van der Waals surface area contributed by atoms with E-state index in [4.69, 9.17) is 11.6 Å². The molecule has 4 rings (SSSR count). The van der Waals surface area contributed by atoms with Crippen LogP contribution in [0.4, 0.5) is 10.8 Å². The second kappa shape index (κ2) is 9.79. The van der Waals surface area contributed by atoms with Crippen molar-refractivity contribution in [1.29, 1.82) is 0 Å². The van der Waals surface area contributed by atoms with Gasteiger partial charge in [0.2, 0.25) is 11.0 Å². The number of carbonyl (C=O) groups excluding carboxylic acids is 2. The summed E-state index contributed by atoms with van der Waals surface area (Å²) in [5, 5.41) is 10.6. The van der Waals surface area contributed by atoms with E-state index in [0.29, 0.717) is 24.8 Å². The van der Waals surface area contributed by atoms with Crippen molar-refractivity contribution >= 4 is 45.6 Å². The van der Waals surface area contributed by atoms with E-state index in [1.807, 2.05) is 36.1 Å². The van der Waals surface area contributed by atoms with Crippen molar-refractivity contribution in [1.82, 2.24) is 20.1 Å². The van der Waals surface area contributed by atoms with Gasteiger partial charge in [-0.05, 0) is 41.4 Å². The van der Waals surface area contributed by atoms with E-state index < -0.39 is 5.41 Å². The molecule has 0 radical (unpaired) electrons. The van der Waals surface area contributed by atoms with Gasteiger partial charge in [0, 0.05) is 26.7 Å². The highest BCUT2D eigenvalue weighted by molar-refractivity contribution is 7.13. The zero-order valence-corrected chi connectivity index (χ0v) is 21.5. The molecule has 0 spiro atoms. The zero-order chi connectivity index (χ0) is 25.3. The second-order valence-corrected chi connectivity index (χ2v) is 10.0. The normalized spacial score (nSPS) is 14.5. The molecule has 9 nitrogen and oxygen atoms in total. The first kappa shape index (κ1) is 24.9. The molecular weight excluding hydrogens is 488 g/mol. The van der Waals surface area contributed by atoms with Gasteiger partial charge in [-0.2, -0.15) is 0 Å². The van der Waals surface area contributed by atoms with Crippen LogP contribution in [0, 0.1) is 0 Å². The molecule has 0 saturated carbocycles. The summed E-state index contributed by atoms with van der Waals surface area (Å²) in [6.45, 7) is 7.20. The molecule has 3 aromatic rings. The number of benzene rings is 1. The molecule has 2 aromatic heterocycles. The summed E-state index contributed by atoms with van der Waals surface area (Å²) in [5.74, 6) is -0.455. The Morgan fingerprint density at radius 1 is 1.26 bits per heavy atom. The number of hydrogen-bond acceptors (Lipinski definition) is 7. The number of anilines is 2. The molecule has 0 aliphatic carbocycles. The molecule has 2 N–H and O–H groups in total. The van der Waals surface area contributed by atoms with Crippen molar-refractivity contribution in [3.05, 3.63) is 68.0 Å². The lowest BCUT2D eigenvalue weighted by Crippen LogP contribution is -2.65. The molecule has 0 bridgehead atoms. The maximum absolute atomic E-state index is 13.9. The molecule has 1 aliphatic rings. The van der Waals surface area contributed by atoms with Gasteiger partial charge in [0.25, 0.3) is 5.91 Å². The molecule has 1 aliphatic heterocycles. The lowest BCUT2D eigenvalue weighted by molar-refractivity contribution is -0.122. The molecule has 0 unspecified atom stereocenters. The first-order valence-electron chi connectivity index (χ1n) is 11.3. The topological polar surface area (TPSA) is 109 Å². The van der Waals surface area contributed by atoms with E-state index in [1.54, 1.807) is 0 Å². The number of halogens is 1. The predicted octanol–water partition coefficient (Wildman–Crippen LogP) is 3.25. The first-order chi connectivity index (χ1) is 16.7. The highest BCUT2D eigenvalue weighted by Gasteiger charge is 2.53. The fourth-order valence-corrected chi connectivity index (χ4v) is 5.32. The lowest BCUT2D eigenvalue weighted by atomic mass is 9.70. The number of amides is 2. The fraction of sp³-hybridized carbons (Fsp3) is 0.375. The smallest absolute Gasteiger partial charge is 0.326 e. The summed E-state index contributed by atoms with van der Waals surface area (Å²) in [6.07, 6.45) is 1.39. The van der Waals surface area contributed by atoms with E-state index in [0.717, 1.165) is 22.5 Å². The van der Waals surface area contributed by atoms with Crippen molar-refractivity contribution < 1.29 is 9.59 Å². The van der Waals surface area contributed by atoms with Crippen LogP contribution in [0.2, 0.25) is 5.15 Å². The zero-order valence-electron chi connectivity index (χ0n) is 20.0. The number of nitrogens with one attached hydrogen (secondary N) is 2. The van der Waals surface area contributed by atoms with Gasteiger partial charge >= 0.3 is 4.87 Å². The number of carbonyl (C=O) groups is 2. The average Bonchev–Trinajstić information content (AvgIpc) is 3.19. The van der Waals surface area contributed by atoms with Crippen LogP contribution in [0.3, 0.4) is 0 Å². The highest BCUT2D eigenvalue weighted by atomic mass is 35.5. The van der Waals surface area contributed by atoms with E-state index >= 15 is 0 Å². The minimum Gasteiger partial charge on any atom is -0.355 e. The molecule has 11 heteroatoms. The Morgan fingerprint density at radius 3 is 2.60 bits per heavy atom. The van der Waals surface area contributed by atoms with Crippen molar-refractivity contribution in [2.45, 2.75) is 38.6 Å². The predicted molar refractivity (Wildman–Crippen MR) is 138 cm³/mol. The summed E-state index contributed by atoms with van der Waals surface area (Å²) in [5.41, 5.74) is 1.57. The minimum absolute atomic E-state index is 0.130. The van der Waals surface area contributed by atoms with Gasteiger partial charge in [-0.1, -0.05) is 49.7 Å². The van der Waals surface area contributed by atoms with Crippen LogP contribution < -0.4 is 20.4 Å². The quantitative estimate of drug-likeness (QED) is 0.468. The van der Waals surface area contributed by atoms with Gasteiger partial charge < -0.3 is 15.5 Å². The van der Waals surface area contributed by atoms with Gasteiger partial charge in [-0.15, -0.1) is 5.10 Å². The van der Waals surface area contributed by atoms with Crippen LogP contribution in [0.15, 0.2) is 41.3 Å². The van der Waals surface area contributed by atoms with Gasteiger partial charge in [-0.3, -0.25) is 14.4 Å². The van der Waals surface area contributed by atoms with Gasteiger partial charge in [0.05, 0.1) is 17.4 Å². The van der Waals surface area contributed by atoms with Crippen molar-refractivity contribution in [2.75, 3.05) is 30.4 Å². The number of aryl methyl sites for hydroxylation is 1. The third-order valence-corrected chi connectivity index (χ3v) is 7.33. The van der Waals surface area contributed by atoms with Gasteiger partial charge in [0.1, 0.15) is 10.6 Å². The van der Waals surface area contributed by atoms with Crippen LogP contribution >= 0.6 is 22.9 Å². The maximum Gasteiger partial charge on any atom is 0.326 e.